The van der Waals surface area contributed by atoms with Gasteiger partial charge in [-0.2, -0.15) is 0 Å². The molecule has 0 aromatic heterocycles. The van der Waals surface area contributed by atoms with Crippen molar-refractivity contribution in [3.05, 3.63) is 108 Å². The van der Waals surface area contributed by atoms with Crippen LogP contribution in [-0.4, -0.2) is 48.9 Å². The lowest BCUT2D eigenvalue weighted by molar-refractivity contribution is -0.129. The van der Waals surface area contributed by atoms with Gasteiger partial charge in [-0.1, -0.05) is 91.0 Å². The fourth-order valence-corrected chi connectivity index (χ4v) is 5.13. The summed E-state index contributed by atoms with van der Waals surface area (Å²) < 4.78 is 0. The van der Waals surface area contributed by atoms with Crippen molar-refractivity contribution in [2.24, 2.45) is 5.92 Å². The average molecular weight is 455 g/mol. The molecule has 0 spiro atoms. The lowest BCUT2D eigenvalue weighted by Crippen LogP contribution is -2.37. The SMILES string of the molecule is CN(CC(CCN1CCC(Cc2ccccc2)CC1)c1ccccc1)C(=O)Cc1ccccc1. The lowest BCUT2D eigenvalue weighted by atomic mass is 9.89. The Bertz CT molecular complexity index is 982. The highest BCUT2D eigenvalue weighted by Crippen LogP contribution is 2.25. The maximum Gasteiger partial charge on any atom is 0.226 e. The van der Waals surface area contributed by atoms with Crippen LogP contribution in [0.25, 0.3) is 0 Å². The number of rotatable bonds is 10. The number of carbonyl (C=O) groups is 1. The molecular formula is C31H38N2O. The van der Waals surface area contributed by atoms with Crippen molar-refractivity contribution in [1.29, 1.82) is 0 Å². The van der Waals surface area contributed by atoms with Gasteiger partial charge in [-0.25, -0.2) is 0 Å². The van der Waals surface area contributed by atoms with Crippen molar-refractivity contribution in [2.45, 2.75) is 38.0 Å². The molecule has 3 heteroatoms. The molecule has 34 heavy (non-hydrogen) atoms. The van der Waals surface area contributed by atoms with Crippen LogP contribution in [0.2, 0.25) is 0 Å². The normalized spacial score (nSPS) is 15.7. The Morgan fingerprint density at radius 2 is 1.41 bits per heavy atom. The highest BCUT2D eigenvalue weighted by Gasteiger charge is 2.22. The molecule has 3 nitrogen and oxygen atoms in total. The van der Waals surface area contributed by atoms with Gasteiger partial charge in [0.1, 0.15) is 0 Å². The van der Waals surface area contributed by atoms with Crippen molar-refractivity contribution in [1.82, 2.24) is 9.80 Å². The number of hydrogen-bond donors (Lipinski definition) is 0. The van der Waals surface area contributed by atoms with E-state index in [0.29, 0.717) is 12.3 Å². The van der Waals surface area contributed by atoms with Gasteiger partial charge in [-0.3, -0.25) is 4.79 Å². The Morgan fingerprint density at radius 1 is 0.853 bits per heavy atom. The van der Waals surface area contributed by atoms with Crippen molar-refractivity contribution in [3.63, 3.8) is 0 Å². The average Bonchev–Trinajstić information content (AvgIpc) is 2.89. The Balaban J connectivity index is 1.29. The first kappa shape index (κ1) is 24.2. The molecule has 178 valence electrons. The van der Waals surface area contributed by atoms with Crippen LogP contribution in [0.15, 0.2) is 91.0 Å². The Labute approximate surface area is 205 Å². The van der Waals surface area contributed by atoms with Crippen molar-refractivity contribution < 1.29 is 4.79 Å². The summed E-state index contributed by atoms with van der Waals surface area (Å²) in [6, 6.07) is 31.7. The summed E-state index contributed by atoms with van der Waals surface area (Å²) in [7, 11) is 1.95. The first-order valence-electron chi connectivity index (χ1n) is 12.8. The van der Waals surface area contributed by atoms with Crippen LogP contribution >= 0.6 is 0 Å². The van der Waals surface area contributed by atoms with Crippen molar-refractivity contribution in [3.8, 4) is 0 Å². The number of likely N-dealkylation sites (N-methyl/N-ethyl adjacent to an activating group) is 1. The maximum absolute atomic E-state index is 12.9. The largest absolute Gasteiger partial charge is 0.345 e. The van der Waals surface area contributed by atoms with E-state index in [1.807, 2.05) is 42.3 Å². The van der Waals surface area contributed by atoms with Crippen LogP contribution in [-0.2, 0) is 17.6 Å². The summed E-state index contributed by atoms with van der Waals surface area (Å²) in [5, 5.41) is 0. The zero-order valence-electron chi connectivity index (χ0n) is 20.5. The summed E-state index contributed by atoms with van der Waals surface area (Å²) >= 11 is 0. The molecule has 1 aliphatic heterocycles. The summed E-state index contributed by atoms with van der Waals surface area (Å²) in [6.07, 6.45) is 5.31. The molecule has 1 heterocycles. The molecule has 1 atom stereocenters. The second kappa shape index (κ2) is 12.5. The third-order valence-corrected chi connectivity index (χ3v) is 7.26. The Morgan fingerprint density at radius 3 is 2.03 bits per heavy atom. The number of benzene rings is 3. The van der Waals surface area contributed by atoms with E-state index in [2.05, 4.69) is 65.6 Å². The number of nitrogens with zero attached hydrogens (tertiary/aromatic N) is 2. The van der Waals surface area contributed by atoms with Crippen LogP contribution in [0.4, 0.5) is 0 Å². The molecule has 0 aliphatic carbocycles. The van der Waals surface area contributed by atoms with Crippen molar-refractivity contribution >= 4 is 5.91 Å². The fourth-order valence-electron chi connectivity index (χ4n) is 5.13. The molecule has 0 saturated carbocycles. The van der Waals surface area contributed by atoms with Gasteiger partial charge < -0.3 is 9.80 Å². The van der Waals surface area contributed by atoms with Gasteiger partial charge in [-0.05, 0) is 67.9 Å². The Hall–Kier alpha value is -2.91. The minimum atomic E-state index is 0.189. The predicted octanol–water partition coefficient (Wildman–Crippen LogP) is 5.82. The third-order valence-electron chi connectivity index (χ3n) is 7.26. The van der Waals surface area contributed by atoms with Crippen LogP contribution in [0.3, 0.4) is 0 Å². The van der Waals surface area contributed by atoms with Gasteiger partial charge >= 0.3 is 0 Å². The minimum Gasteiger partial charge on any atom is -0.345 e. The maximum atomic E-state index is 12.9. The van der Waals surface area contributed by atoms with Gasteiger partial charge in [0.05, 0.1) is 6.42 Å². The molecule has 0 N–H and O–H groups in total. The molecule has 1 saturated heterocycles. The first-order valence-corrected chi connectivity index (χ1v) is 12.8. The summed E-state index contributed by atoms with van der Waals surface area (Å²) in [5.41, 5.74) is 3.88. The van der Waals surface area contributed by atoms with E-state index in [9.17, 15) is 4.79 Å². The number of amides is 1. The van der Waals surface area contributed by atoms with E-state index in [1.54, 1.807) is 0 Å². The molecule has 0 bridgehead atoms. The molecule has 3 aromatic rings. The van der Waals surface area contributed by atoms with Crippen LogP contribution in [0.1, 0.15) is 41.9 Å². The van der Waals surface area contributed by atoms with E-state index in [-0.39, 0.29) is 5.91 Å². The predicted molar refractivity (Wildman–Crippen MR) is 141 cm³/mol. The monoisotopic (exact) mass is 454 g/mol. The van der Waals surface area contributed by atoms with Gasteiger partial charge in [0.15, 0.2) is 0 Å². The van der Waals surface area contributed by atoms with E-state index >= 15 is 0 Å². The van der Waals surface area contributed by atoms with Crippen LogP contribution < -0.4 is 0 Å². The number of likely N-dealkylation sites (tertiary alicyclic amines) is 1. The molecule has 1 unspecified atom stereocenters. The Kier molecular flexibility index (Phi) is 8.92. The van der Waals surface area contributed by atoms with Crippen molar-refractivity contribution in [2.75, 3.05) is 33.2 Å². The zero-order chi connectivity index (χ0) is 23.6. The lowest BCUT2D eigenvalue weighted by Gasteiger charge is -2.33. The van der Waals surface area contributed by atoms with Crippen LogP contribution in [0.5, 0.6) is 0 Å². The quantitative estimate of drug-likeness (QED) is 0.386. The molecular weight excluding hydrogens is 416 g/mol. The summed E-state index contributed by atoms with van der Waals surface area (Å²) in [5.74, 6) is 1.34. The second-order valence-corrected chi connectivity index (χ2v) is 9.81. The van der Waals surface area contributed by atoms with Gasteiger partial charge in [0, 0.05) is 19.5 Å². The van der Waals surface area contributed by atoms with E-state index in [0.717, 1.165) is 31.0 Å². The number of hydrogen-bond acceptors (Lipinski definition) is 2. The zero-order valence-corrected chi connectivity index (χ0v) is 20.5. The highest BCUT2D eigenvalue weighted by molar-refractivity contribution is 5.78. The van der Waals surface area contributed by atoms with Gasteiger partial charge in [0.25, 0.3) is 0 Å². The summed E-state index contributed by atoms with van der Waals surface area (Å²) in [6.45, 7) is 4.22. The van der Waals surface area contributed by atoms with E-state index in [4.69, 9.17) is 0 Å². The fraction of sp³-hybridized carbons (Fsp3) is 0.387. The van der Waals surface area contributed by atoms with Crippen LogP contribution in [0, 0.1) is 5.92 Å². The molecule has 3 aromatic carbocycles. The number of carbonyl (C=O) groups excluding carboxylic acids is 1. The number of piperidine rings is 1. The van der Waals surface area contributed by atoms with E-state index < -0.39 is 0 Å². The molecule has 1 amide bonds. The van der Waals surface area contributed by atoms with Gasteiger partial charge in [-0.15, -0.1) is 0 Å². The first-order chi connectivity index (χ1) is 16.7. The topological polar surface area (TPSA) is 23.6 Å². The minimum absolute atomic E-state index is 0.189. The molecule has 1 fully saturated rings. The molecule has 0 radical (unpaired) electrons. The van der Waals surface area contributed by atoms with E-state index in [1.165, 1.54) is 43.5 Å². The second-order valence-electron chi connectivity index (χ2n) is 9.81. The molecule has 1 aliphatic rings. The summed E-state index contributed by atoms with van der Waals surface area (Å²) in [4.78, 5) is 17.4. The third kappa shape index (κ3) is 7.30. The smallest absolute Gasteiger partial charge is 0.226 e. The molecule has 4 rings (SSSR count). The highest BCUT2D eigenvalue weighted by atomic mass is 16.2. The van der Waals surface area contributed by atoms with Gasteiger partial charge in [0.2, 0.25) is 5.91 Å². The standard InChI is InChI=1S/C31H38N2O/c1-32(31(34)24-27-13-7-3-8-14-27)25-30(29-15-9-4-10-16-29)19-22-33-20-17-28(18-21-33)23-26-11-5-2-6-12-26/h2-16,28,30H,17-25H2,1H3.